The molecule has 3 rings (SSSR count). The fourth-order valence-corrected chi connectivity index (χ4v) is 2.90. The Morgan fingerprint density at radius 1 is 1.03 bits per heavy atom. The molecule has 30 heavy (non-hydrogen) atoms. The molecule has 1 aromatic carbocycles. The maximum absolute atomic E-state index is 12.5. The zero-order chi connectivity index (χ0) is 21.7. The van der Waals surface area contributed by atoms with Crippen LogP contribution in [0.5, 0.6) is 0 Å². The lowest BCUT2D eigenvalue weighted by atomic mass is 10.1. The van der Waals surface area contributed by atoms with Crippen molar-refractivity contribution in [2.45, 2.75) is 6.92 Å². The van der Waals surface area contributed by atoms with Crippen molar-refractivity contribution in [2.24, 2.45) is 0 Å². The van der Waals surface area contributed by atoms with Gasteiger partial charge in [-0.05, 0) is 55.0 Å². The SMILES string of the molecule is COC(=O)C1=C(C(=O)OC)N(c2ccc(NC(=O)c3ccco3)c(C)c2)C=CC=C1. The minimum Gasteiger partial charge on any atom is -0.465 e. The Morgan fingerprint density at radius 3 is 2.43 bits per heavy atom. The number of benzene rings is 1. The number of rotatable bonds is 5. The molecule has 0 atom stereocenters. The first-order chi connectivity index (χ1) is 14.5. The molecule has 8 nitrogen and oxygen atoms in total. The predicted molar refractivity (Wildman–Crippen MR) is 110 cm³/mol. The zero-order valence-electron chi connectivity index (χ0n) is 16.7. The topological polar surface area (TPSA) is 98.1 Å². The van der Waals surface area contributed by atoms with Crippen LogP contribution in [-0.2, 0) is 19.1 Å². The molecular formula is C22H20N2O6. The molecule has 1 aliphatic rings. The first kappa shape index (κ1) is 20.7. The summed E-state index contributed by atoms with van der Waals surface area (Å²) in [6, 6.07) is 8.37. The number of aryl methyl sites for hydroxylation is 1. The molecule has 1 aliphatic heterocycles. The van der Waals surface area contributed by atoms with E-state index in [0.29, 0.717) is 11.4 Å². The second-order valence-electron chi connectivity index (χ2n) is 6.25. The summed E-state index contributed by atoms with van der Waals surface area (Å²) in [4.78, 5) is 38.5. The quantitative estimate of drug-likeness (QED) is 0.758. The molecule has 0 saturated heterocycles. The summed E-state index contributed by atoms with van der Waals surface area (Å²) < 4.78 is 14.8. The highest BCUT2D eigenvalue weighted by Crippen LogP contribution is 2.29. The third kappa shape index (κ3) is 4.17. The van der Waals surface area contributed by atoms with Gasteiger partial charge in [0.1, 0.15) is 5.70 Å². The number of anilines is 2. The Balaban J connectivity index is 1.98. The van der Waals surface area contributed by atoms with Crippen molar-refractivity contribution in [3.63, 3.8) is 0 Å². The molecule has 0 aliphatic carbocycles. The summed E-state index contributed by atoms with van der Waals surface area (Å²) in [6.45, 7) is 1.81. The summed E-state index contributed by atoms with van der Waals surface area (Å²) in [5, 5.41) is 2.78. The lowest BCUT2D eigenvalue weighted by Gasteiger charge is -2.24. The van der Waals surface area contributed by atoms with Crippen molar-refractivity contribution < 1.29 is 28.3 Å². The van der Waals surface area contributed by atoms with Gasteiger partial charge in [-0.1, -0.05) is 6.08 Å². The number of methoxy groups -OCH3 is 2. The smallest absolute Gasteiger partial charge is 0.355 e. The van der Waals surface area contributed by atoms with Gasteiger partial charge in [-0.3, -0.25) is 4.79 Å². The average molecular weight is 408 g/mol. The van der Waals surface area contributed by atoms with E-state index in [9.17, 15) is 14.4 Å². The van der Waals surface area contributed by atoms with Crippen LogP contribution in [0.3, 0.4) is 0 Å². The number of furan rings is 1. The van der Waals surface area contributed by atoms with Gasteiger partial charge in [-0.15, -0.1) is 0 Å². The number of amides is 1. The highest BCUT2D eigenvalue weighted by atomic mass is 16.5. The number of hydrogen-bond donors (Lipinski definition) is 1. The highest BCUT2D eigenvalue weighted by Gasteiger charge is 2.27. The molecular weight excluding hydrogens is 388 g/mol. The Morgan fingerprint density at radius 2 is 1.80 bits per heavy atom. The van der Waals surface area contributed by atoms with Gasteiger partial charge in [0.2, 0.25) is 0 Å². The van der Waals surface area contributed by atoms with Gasteiger partial charge in [-0.25, -0.2) is 9.59 Å². The van der Waals surface area contributed by atoms with Crippen molar-refractivity contribution in [3.05, 3.63) is 83.6 Å². The van der Waals surface area contributed by atoms with Crippen molar-refractivity contribution >= 4 is 29.2 Å². The van der Waals surface area contributed by atoms with Crippen LogP contribution in [0.25, 0.3) is 0 Å². The van der Waals surface area contributed by atoms with Crippen LogP contribution in [0.1, 0.15) is 16.1 Å². The monoisotopic (exact) mass is 408 g/mol. The normalized spacial score (nSPS) is 13.1. The standard InChI is InChI=1S/C22H20N2O6/c1-14-13-15(9-10-17(14)23-20(25)18-8-6-12-30-18)24-11-5-4-7-16(21(26)28-2)19(24)22(27)29-3/h4-13H,1-3H3,(H,23,25). The summed E-state index contributed by atoms with van der Waals surface area (Å²) in [5.41, 5.74) is 1.98. The fourth-order valence-electron chi connectivity index (χ4n) is 2.90. The molecule has 1 aromatic heterocycles. The van der Waals surface area contributed by atoms with Gasteiger partial charge in [0.05, 0.1) is 26.1 Å². The van der Waals surface area contributed by atoms with E-state index in [1.807, 2.05) is 6.92 Å². The van der Waals surface area contributed by atoms with Gasteiger partial charge in [0.25, 0.3) is 5.91 Å². The molecule has 154 valence electrons. The maximum Gasteiger partial charge on any atom is 0.355 e. The summed E-state index contributed by atoms with van der Waals surface area (Å²) in [6.07, 6.45) is 7.85. The van der Waals surface area contributed by atoms with Crippen molar-refractivity contribution in [1.29, 1.82) is 0 Å². The van der Waals surface area contributed by atoms with Crippen LogP contribution in [-0.4, -0.2) is 32.1 Å². The first-order valence-corrected chi connectivity index (χ1v) is 8.96. The molecule has 8 heteroatoms. The second-order valence-corrected chi connectivity index (χ2v) is 6.25. The molecule has 0 spiro atoms. The molecule has 1 N–H and O–H groups in total. The molecule has 0 unspecified atom stereocenters. The van der Waals surface area contributed by atoms with E-state index in [4.69, 9.17) is 13.9 Å². The number of ether oxygens (including phenoxy) is 2. The Kier molecular flexibility index (Phi) is 6.17. The number of esters is 2. The second kappa shape index (κ2) is 8.95. The lowest BCUT2D eigenvalue weighted by Crippen LogP contribution is -2.27. The number of hydrogen-bond acceptors (Lipinski definition) is 7. The highest BCUT2D eigenvalue weighted by molar-refractivity contribution is 6.06. The number of allylic oxidation sites excluding steroid dienone is 2. The molecule has 0 fully saturated rings. The predicted octanol–water partition coefficient (Wildman–Crippen LogP) is 3.33. The van der Waals surface area contributed by atoms with Crippen LogP contribution in [0.4, 0.5) is 11.4 Å². The molecule has 2 aromatic rings. The molecule has 0 bridgehead atoms. The van der Waals surface area contributed by atoms with E-state index >= 15 is 0 Å². The van der Waals surface area contributed by atoms with Crippen LogP contribution in [0.2, 0.25) is 0 Å². The van der Waals surface area contributed by atoms with E-state index in [2.05, 4.69) is 5.32 Å². The minimum absolute atomic E-state index is 0.0149. The number of carbonyl (C=O) groups is 3. The number of carbonyl (C=O) groups excluding carboxylic acids is 3. The minimum atomic E-state index is -0.695. The van der Waals surface area contributed by atoms with E-state index in [1.165, 1.54) is 31.5 Å². The van der Waals surface area contributed by atoms with E-state index in [0.717, 1.165) is 5.56 Å². The van der Waals surface area contributed by atoms with Gasteiger partial charge >= 0.3 is 11.9 Å². The van der Waals surface area contributed by atoms with Gasteiger partial charge in [0.15, 0.2) is 5.76 Å². The number of nitrogens with zero attached hydrogens (tertiary/aromatic N) is 1. The molecule has 2 heterocycles. The molecule has 0 saturated carbocycles. The van der Waals surface area contributed by atoms with Crippen molar-refractivity contribution in [2.75, 3.05) is 24.4 Å². The summed E-state index contributed by atoms with van der Waals surface area (Å²) in [7, 11) is 2.47. The average Bonchev–Trinajstić information content (AvgIpc) is 3.20. The molecule has 1 amide bonds. The van der Waals surface area contributed by atoms with Gasteiger partial charge in [-0.2, -0.15) is 0 Å². The van der Waals surface area contributed by atoms with Crippen LogP contribution < -0.4 is 10.2 Å². The largest absolute Gasteiger partial charge is 0.465 e. The van der Waals surface area contributed by atoms with E-state index in [1.54, 1.807) is 48.7 Å². The Labute approximate surface area is 173 Å². The Hall–Kier alpha value is -4.07. The Bertz CT molecular complexity index is 1060. The van der Waals surface area contributed by atoms with E-state index < -0.39 is 11.9 Å². The molecule has 0 radical (unpaired) electrons. The third-order valence-corrected chi connectivity index (χ3v) is 4.37. The van der Waals surface area contributed by atoms with Crippen LogP contribution in [0, 0.1) is 6.92 Å². The third-order valence-electron chi connectivity index (χ3n) is 4.37. The summed E-state index contributed by atoms with van der Waals surface area (Å²) >= 11 is 0. The fraction of sp³-hybridized carbons (Fsp3) is 0.136. The van der Waals surface area contributed by atoms with Crippen LogP contribution >= 0.6 is 0 Å². The zero-order valence-corrected chi connectivity index (χ0v) is 16.7. The van der Waals surface area contributed by atoms with Crippen molar-refractivity contribution in [1.82, 2.24) is 0 Å². The summed E-state index contributed by atoms with van der Waals surface area (Å²) in [5.74, 6) is -1.55. The number of nitrogens with one attached hydrogen (secondary N) is 1. The van der Waals surface area contributed by atoms with Crippen LogP contribution in [0.15, 0.2) is 76.7 Å². The first-order valence-electron chi connectivity index (χ1n) is 8.96. The maximum atomic E-state index is 12.5. The van der Waals surface area contributed by atoms with Gasteiger partial charge < -0.3 is 24.1 Å². The van der Waals surface area contributed by atoms with Crippen molar-refractivity contribution in [3.8, 4) is 0 Å². The van der Waals surface area contributed by atoms with E-state index in [-0.39, 0.29) is 22.9 Å². The van der Waals surface area contributed by atoms with Gasteiger partial charge in [0, 0.05) is 17.6 Å². The lowest BCUT2D eigenvalue weighted by molar-refractivity contribution is -0.139.